The molecule has 0 amide bonds. The van der Waals surface area contributed by atoms with Gasteiger partial charge >= 0.3 is 0 Å². The molecular formula is C16H16N2O. The lowest BCUT2D eigenvalue weighted by molar-refractivity contribution is 0.104. The van der Waals surface area contributed by atoms with Crippen molar-refractivity contribution in [3.63, 3.8) is 0 Å². The average Bonchev–Trinajstić information content (AvgIpc) is 2.84. The van der Waals surface area contributed by atoms with Gasteiger partial charge in [-0.25, -0.2) is 0 Å². The molecule has 19 heavy (non-hydrogen) atoms. The van der Waals surface area contributed by atoms with Crippen LogP contribution in [0, 0.1) is 0 Å². The molecule has 2 rings (SSSR count). The minimum atomic E-state index is -0.0334. The highest BCUT2D eigenvalue weighted by Crippen LogP contribution is 2.08. The molecule has 1 aromatic carbocycles. The van der Waals surface area contributed by atoms with Gasteiger partial charge in [0.2, 0.25) is 0 Å². The molecule has 1 heterocycles. The molecule has 0 radical (unpaired) electrons. The molecule has 0 N–H and O–H groups in total. The first-order valence-corrected chi connectivity index (χ1v) is 6.09. The van der Waals surface area contributed by atoms with Crippen LogP contribution in [0.4, 0.5) is 0 Å². The number of allylic oxidation sites excluding steroid dienone is 3. The summed E-state index contributed by atoms with van der Waals surface area (Å²) in [6, 6.07) is 10.0. The van der Waals surface area contributed by atoms with Crippen LogP contribution < -0.4 is 0 Å². The lowest BCUT2D eigenvalue weighted by Crippen LogP contribution is -1.92. The van der Waals surface area contributed by atoms with Crippen LogP contribution >= 0.6 is 0 Å². The third kappa shape index (κ3) is 3.78. The molecule has 0 spiro atoms. The van der Waals surface area contributed by atoms with E-state index in [0.29, 0.717) is 5.56 Å². The van der Waals surface area contributed by atoms with E-state index in [9.17, 15) is 4.79 Å². The van der Waals surface area contributed by atoms with Crippen molar-refractivity contribution in [2.24, 2.45) is 7.05 Å². The molecule has 0 aliphatic heterocycles. The Labute approximate surface area is 112 Å². The maximum absolute atomic E-state index is 11.8. The van der Waals surface area contributed by atoms with Crippen molar-refractivity contribution in [1.29, 1.82) is 0 Å². The first-order valence-electron chi connectivity index (χ1n) is 6.09. The topological polar surface area (TPSA) is 34.9 Å². The normalized spacial score (nSPS) is 12.0. The summed E-state index contributed by atoms with van der Waals surface area (Å²) in [5, 5.41) is 3.98. The van der Waals surface area contributed by atoms with Gasteiger partial charge in [0.25, 0.3) is 0 Å². The molecule has 0 aliphatic rings. The van der Waals surface area contributed by atoms with Gasteiger partial charge in [0, 0.05) is 13.2 Å². The Balaban J connectivity index is 2.06. The molecule has 2 aromatic rings. The Hall–Kier alpha value is -2.42. The number of ketones is 1. The van der Waals surface area contributed by atoms with Crippen LogP contribution in [0.1, 0.15) is 22.8 Å². The first-order chi connectivity index (χ1) is 9.15. The predicted octanol–water partition coefficient (Wildman–Crippen LogP) is 3.26. The molecule has 0 saturated carbocycles. The summed E-state index contributed by atoms with van der Waals surface area (Å²) < 4.78 is 1.62. The fourth-order valence-electron chi connectivity index (χ4n) is 1.71. The van der Waals surface area contributed by atoms with Crippen LogP contribution in [0.3, 0.4) is 0 Å². The monoisotopic (exact) mass is 252 g/mol. The Morgan fingerprint density at radius 1 is 1.21 bits per heavy atom. The third-order valence-electron chi connectivity index (χ3n) is 2.68. The van der Waals surface area contributed by atoms with E-state index in [4.69, 9.17) is 0 Å². The quantitative estimate of drug-likeness (QED) is 0.475. The highest BCUT2D eigenvalue weighted by Gasteiger charge is 2.03. The molecule has 0 saturated heterocycles. The molecule has 3 heteroatoms. The summed E-state index contributed by atoms with van der Waals surface area (Å²) in [5.41, 5.74) is 2.76. The number of aromatic nitrogens is 2. The largest absolute Gasteiger partial charge is 0.289 e. The molecule has 1 aromatic heterocycles. The van der Waals surface area contributed by atoms with Gasteiger partial charge < -0.3 is 0 Å². The zero-order valence-electron chi connectivity index (χ0n) is 11.1. The number of benzene rings is 1. The Morgan fingerprint density at radius 3 is 2.58 bits per heavy atom. The summed E-state index contributed by atoms with van der Waals surface area (Å²) >= 11 is 0. The SMILES string of the molecule is CC(C=CC(=O)c1cnn(C)c1)=Cc1ccccc1. The molecule has 0 unspecified atom stereocenters. The summed E-state index contributed by atoms with van der Waals surface area (Å²) in [6.45, 7) is 1.97. The van der Waals surface area contributed by atoms with Gasteiger partial charge in [-0.3, -0.25) is 9.48 Å². The minimum Gasteiger partial charge on any atom is -0.289 e. The van der Waals surface area contributed by atoms with Gasteiger partial charge in [0.1, 0.15) is 0 Å². The number of nitrogens with zero attached hydrogens (tertiary/aromatic N) is 2. The molecular weight excluding hydrogens is 236 g/mol. The van der Waals surface area contributed by atoms with Crippen molar-refractivity contribution in [3.8, 4) is 0 Å². The lowest BCUT2D eigenvalue weighted by Gasteiger charge is -1.94. The van der Waals surface area contributed by atoms with Crippen LogP contribution in [0.2, 0.25) is 0 Å². The third-order valence-corrected chi connectivity index (χ3v) is 2.68. The number of aryl methyl sites for hydroxylation is 1. The Bertz CT molecular complexity index is 621. The van der Waals surface area contributed by atoms with E-state index in [0.717, 1.165) is 11.1 Å². The maximum atomic E-state index is 11.8. The second kappa shape index (κ2) is 5.96. The van der Waals surface area contributed by atoms with Gasteiger partial charge in [-0.1, -0.05) is 48.1 Å². The van der Waals surface area contributed by atoms with E-state index in [-0.39, 0.29) is 5.78 Å². The van der Waals surface area contributed by atoms with Crippen LogP contribution in [-0.2, 0) is 7.05 Å². The number of hydrogen-bond acceptors (Lipinski definition) is 2. The van der Waals surface area contributed by atoms with Crippen molar-refractivity contribution >= 4 is 11.9 Å². The standard InChI is InChI=1S/C16H16N2O/c1-13(10-14-6-4-3-5-7-14)8-9-16(19)15-11-17-18(2)12-15/h3-12H,1-2H3. The lowest BCUT2D eigenvalue weighted by atomic mass is 10.1. The van der Waals surface area contributed by atoms with Crippen LogP contribution in [-0.4, -0.2) is 15.6 Å². The van der Waals surface area contributed by atoms with Crippen LogP contribution in [0.25, 0.3) is 6.08 Å². The molecule has 0 aliphatic carbocycles. The molecule has 0 bridgehead atoms. The van der Waals surface area contributed by atoms with Crippen LogP contribution in [0.5, 0.6) is 0 Å². The average molecular weight is 252 g/mol. The van der Waals surface area contributed by atoms with Crippen molar-refractivity contribution in [2.75, 3.05) is 0 Å². The number of rotatable bonds is 4. The number of carbonyl (C=O) groups excluding carboxylic acids is 1. The highest BCUT2D eigenvalue weighted by atomic mass is 16.1. The smallest absolute Gasteiger partial charge is 0.188 e. The fraction of sp³-hybridized carbons (Fsp3) is 0.125. The Morgan fingerprint density at radius 2 is 1.95 bits per heavy atom. The predicted molar refractivity (Wildman–Crippen MR) is 76.8 cm³/mol. The molecule has 0 fully saturated rings. The molecule has 3 nitrogen and oxygen atoms in total. The van der Waals surface area contributed by atoms with Crippen molar-refractivity contribution in [2.45, 2.75) is 6.92 Å². The minimum absolute atomic E-state index is 0.0334. The summed E-state index contributed by atoms with van der Waals surface area (Å²) in [6.07, 6.45) is 8.72. The van der Waals surface area contributed by atoms with Gasteiger partial charge in [-0.2, -0.15) is 5.10 Å². The van der Waals surface area contributed by atoms with Gasteiger partial charge in [0.15, 0.2) is 5.78 Å². The number of hydrogen-bond donors (Lipinski definition) is 0. The van der Waals surface area contributed by atoms with E-state index >= 15 is 0 Å². The Kier molecular flexibility index (Phi) is 4.08. The van der Waals surface area contributed by atoms with Crippen molar-refractivity contribution in [3.05, 3.63) is 71.6 Å². The highest BCUT2D eigenvalue weighted by molar-refractivity contribution is 6.04. The molecule has 96 valence electrons. The first kappa shape index (κ1) is 13.0. The summed E-state index contributed by atoms with van der Waals surface area (Å²) in [7, 11) is 1.79. The van der Waals surface area contributed by atoms with Gasteiger partial charge in [0.05, 0.1) is 11.8 Å². The number of carbonyl (C=O) groups is 1. The van der Waals surface area contributed by atoms with Crippen molar-refractivity contribution in [1.82, 2.24) is 9.78 Å². The van der Waals surface area contributed by atoms with E-state index in [1.54, 1.807) is 30.2 Å². The summed E-state index contributed by atoms with van der Waals surface area (Å²) in [5.74, 6) is -0.0334. The second-order valence-corrected chi connectivity index (χ2v) is 4.40. The van der Waals surface area contributed by atoms with E-state index in [1.807, 2.05) is 49.4 Å². The fourth-order valence-corrected chi connectivity index (χ4v) is 1.71. The summed E-state index contributed by atoms with van der Waals surface area (Å²) in [4.78, 5) is 11.8. The second-order valence-electron chi connectivity index (χ2n) is 4.40. The molecule has 0 atom stereocenters. The zero-order chi connectivity index (χ0) is 13.7. The van der Waals surface area contributed by atoms with Gasteiger partial charge in [-0.05, 0) is 18.6 Å². The van der Waals surface area contributed by atoms with E-state index in [2.05, 4.69) is 5.10 Å². The van der Waals surface area contributed by atoms with Gasteiger partial charge in [-0.15, -0.1) is 0 Å². The van der Waals surface area contributed by atoms with Crippen molar-refractivity contribution < 1.29 is 4.79 Å². The maximum Gasteiger partial charge on any atom is 0.188 e. The van der Waals surface area contributed by atoms with Crippen LogP contribution in [0.15, 0.2) is 60.5 Å². The van der Waals surface area contributed by atoms with E-state index < -0.39 is 0 Å². The zero-order valence-corrected chi connectivity index (χ0v) is 11.1. The van der Waals surface area contributed by atoms with E-state index in [1.165, 1.54) is 0 Å².